The predicted octanol–water partition coefficient (Wildman–Crippen LogP) is 0.674. The van der Waals surface area contributed by atoms with Crippen LogP contribution in [0.3, 0.4) is 0 Å². The van der Waals surface area contributed by atoms with E-state index >= 15 is 0 Å². The first-order valence-corrected chi connectivity index (χ1v) is 6.69. The Morgan fingerprint density at radius 3 is 2.94 bits per heavy atom. The van der Waals surface area contributed by atoms with Gasteiger partial charge in [-0.2, -0.15) is 5.10 Å². The second kappa shape index (κ2) is 8.23. The summed E-state index contributed by atoms with van der Waals surface area (Å²) in [7, 11) is 1.59. The molecular weight excluding hydrogens is 300 g/mol. The molecule has 0 aliphatic carbocycles. The van der Waals surface area contributed by atoms with Gasteiger partial charge in [0, 0.05) is 20.2 Å². The highest BCUT2D eigenvalue weighted by Crippen LogP contribution is 2.15. The van der Waals surface area contributed by atoms with E-state index in [2.05, 4.69) is 38.6 Å². The molecule has 18 heavy (non-hydrogen) atoms. The van der Waals surface area contributed by atoms with Crippen LogP contribution in [0.5, 0.6) is 0 Å². The summed E-state index contributed by atoms with van der Waals surface area (Å²) in [5.74, 6) is 0. The first-order chi connectivity index (χ1) is 8.70. The Labute approximate surface area is 115 Å². The Hall–Kier alpha value is -0.920. The van der Waals surface area contributed by atoms with Crippen molar-refractivity contribution in [2.24, 2.45) is 0 Å². The zero-order chi connectivity index (χ0) is 13.4. The minimum atomic E-state index is -0.152. The van der Waals surface area contributed by atoms with Crippen molar-refractivity contribution in [3.05, 3.63) is 21.0 Å². The number of hydrogen-bond donors (Lipinski definition) is 2. The molecule has 0 fully saturated rings. The number of nitrogens with zero attached hydrogens (tertiary/aromatic N) is 2. The molecule has 0 aliphatic rings. The Morgan fingerprint density at radius 2 is 2.28 bits per heavy atom. The summed E-state index contributed by atoms with van der Waals surface area (Å²) >= 11 is 3.30. The van der Waals surface area contributed by atoms with Gasteiger partial charge in [0.2, 0.25) is 0 Å². The topological polar surface area (TPSA) is 68.2 Å². The van der Waals surface area contributed by atoms with Gasteiger partial charge in [0.1, 0.15) is 4.47 Å². The third-order valence-corrected chi connectivity index (χ3v) is 3.13. The quantitative estimate of drug-likeness (QED) is 0.690. The van der Waals surface area contributed by atoms with Crippen LogP contribution in [-0.2, 0) is 11.3 Å². The van der Waals surface area contributed by atoms with E-state index in [0.29, 0.717) is 23.3 Å². The fraction of sp³-hybridized carbons (Fsp3) is 0.636. The van der Waals surface area contributed by atoms with E-state index in [0.717, 1.165) is 19.6 Å². The Morgan fingerprint density at radius 1 is 1.50 bits per heavy atom. The van der Waals surface area contributed by atoms with Crippen LogP contribution < -0.4 is 16.2 Å². The minimum absolute atomic E-state index is 0.152. The maximum absolute atomic E-state index is 11.9. The molecule has 0 spiro atoms. The van der Waals surface area contributed by atoms with E-state index in [-0.39, 0.29) is 5.56 Å². The number of nitrogens with one attached hydrogen (secondary N) is 2. The standard InChI is InChI=1S/C11H19BrN4O2/c1-3-13-4-5-14-9-8-15-16(6-7-18-2)11(17)10(9)12/h8,13-14H,3-7H2,1-2H3. The second-order valence-corrected chi connectivity index (χ2v) is 4.47. The van der Waals surface area contributed by atoms with Gasteiger partial charge in [-0.3, -0.25) is 4.79 Å². The molecule has 1 aromatic rings. The van der Waals surface area contributed by atoms with Crippen molar-refractivity contribution in [3.63, 3.8) is 0 Å². The van der Waals surface area contributed by atoms with Gasteiger partial charge in [-0.15, -0.1) is 0 Å². The molecular formula is C11H19BrN4O2. The van der Waals surface area contributed by atoms with Crippen molar-refractivity contribution in [1.82, 2.24) is 15.1 Å². The lowest BCUT2D eigenvalue weighted by Crippen LogP contribution is -2.27. The molecule has 6 nitrogen and oxygen atoms in total. The number of rotatable bonds is 8. The number of likely N-dealkylation sites (N-methyl/N-ethyl adjacent to an activating group) is 1. The van der Waals surface area contributed by atoms with E-state index in [1.807, 2.05) is 0 Å². The molecule has 0 saturated heterocycles. The van der Waals surface area contributed by atoms with Gasteiger partial charge in [0.25, 0.3) is 5.56 Å². The zero-order valence-corrected chi connectivity index (χ0v) is 12.3. The van der Waals surface area contributed by atoms with Crippen molar-refractivity contribution in [2.45, 2.75) is 13.5 Å². The van der Waals surface area contributed by atoms with Gasteiger partial charge < -0.3 is 15.4 Å². The molecule has 0 radical (unpaired) electrons. The monoisotopic (exact) mass is 318 g/mol. The number of anilines is 1. The Bertz CT molecular complexity index is 422. The van der Waals surface area contributed by atoms with Crippen LogP contribution in [0.15, 0.2) is 15.5 Å². The highest BCUT2D eigenvalue weighted by molar-refractivity contribution is 9.10. The van der Waals surface area contributed by atoms with E-state index in [4.69, 9.17) is 4.74 Å². The largest absolute Gasteiger partial charge is 0.383 e. The van der Waals surface area contributed by atoms with Gasteiger partial charge in [0.15, 0.2) is 0 Å². The average molecular weight is 319 g/mol. The van der Waals surface area contributed by atoms with Crippen molar-refractivity contribution in [3.8, 4) is 0 Å². The zero-order valence-electron chi connectivity index (χ0n) is 10.7. The summed E-state index contributed by atoms with van der Waals surface area (Å²) in [4.78, 5) is 11.9. The van der Waals surface area contributed by atoms with Gasteiger partial charge in [0.05, 0.1) is 25.0 Å². The fourth-order valence-corrected chi connectivity index (χ4v) is 1.83. The number of aromatic nitrogens is 2. The third kappa shape index (κ3) is 4.40. The number of hydrogen-bond acceptors (Lipinski definition) is 5. The lowest BCUT2D eigenvalue weighted by atomic mass is 10.4. The van der Waals surface area contributed by atoms with Crippen molar-refractivity contribution < 1.29 is 4.74 Å². The lowest BCUT2D eigenvalue weighted by Gasteiger charge is -2.10. The highest BCUT2D eigenvalue weighted by Gasteiger charge is 2.07. The number of methoxy groups -OCH3 is 1. The van der Waals surface area contributed by atoms with Gasteiger partial charge in [-0.05, 0) is 22.5 Å². The maximum Gasteiger partial charge on any atom is 0.283 e. The molecule has 0 amide bonds. The molecule has 0 aliphatic heterocycles. The molecule has 0 saturated carbocycles. The molecule has 1 aromatic heterocycles. The van der Waals surface area contributed by atoms with Gasteiger partial charge >= 0.3 is 0 Å². The van der Waals surface area contributed by atoms with E-state index in [9.17, 15) is 4.79 Å². The first-order valence-electron chi connectivity index (χ1n) is 5.89. The molecule has 1 rings (SSSR count). The van der Waals surface area contributed by atoms with Crippen LogP contribution in [0, 0.1) is 0 Å². The summed E-state index contributed by atoms with van der Waals surface area (Å²) in [6.07, 6.45) is 1.65. The minimum Gasteiger partial charge on any atom is -0.383 e. The van der Waals surface area contributed by atoms with Gasteiger partial charge in [-0.25, -0.2) is 4.68 Å². The predicted molar refractivity (Wildman–Crippen MR) is 75.1 cm³/mol. The smallest absolute Gasteiger partial charge is 0.283 e. The maximum atomic E-state index is 11.9. The van der Waals surface area contributed by atoms with Crippen molar-refractivity contribution >= 4 is 21.6 Å². The molecule has 102 valence electrons. The summed E-state index contributed by atoms with van der Waals surface area (Å²) in [6.45, 7) is 5.48. The highest BCUT2D eigenvalue weighted by atomic mass is 79.9. The van der Waals surface area contributed by atoms with Gasteiger partial charge in [-0.1, -0.05) is 6.92 Å². The fourth-order valence-electron chi connectivity index (χ4n) is 1.39. The third-order valence-electron chi connectivity index (χ3n) is 2.36. The van der Waals surface area contributed by atoms with Crippen molar-refractivity contribution in [1.29, 1.82) is 0 Å². The normalized spacial score (nSPS) is 10.6. The summed E-state index contributed by atoms with van der Waals surface area (Å²) in [5, 5.41) is 10.4. The molecule has 7 heteroatoms. The summed E-state index contributed by atoms with van der Waals surface area (Å²) in [5.41, 5.74) is 0.562. The van der Waals surface area contributed by atoms with E-state index in [1.54, 1.807) is 13.3 Å². The Kier molecular flexibility index (Phi) is 6.92. The van der Waals surface area contributed by atoms with Crippen LogP contribution in [0.25, 0.3) is 0 Å². The van der Waals surface area contributed by atoms with Crippen LogP contribution in [0.4, 0.5) is 5.69 Å². The molecule has 0 aromatic carbocycles. The second-order valence-electron chi connectivity index (χ2n) is 3.67. The molecule has 0 bridgehead atoms. The van der Waals surface area contributed by atoms with Crippen molar-refractivity contribution in [2.75, 3.05) is 38.7 Å². The Balaban J connectivity index is 2.65. The van der Waals surface area contributed by atoms with Crippen LogP contribution in [0.1, 0.15) is 6.92 Å². The average Bonchev–Trinajstić information content (AvgIpc) is 2.38. The van der Waals surface area contributed by atoms with Crippen LogP contribution >= 0.6 is 15.9 Å². The van der Waals surface area contributed by atoms with E-state index < -0.39 is 0 Å². The summed E-state index contributed by atoms with van der Waals surface area (Å²) in [6, 6.07) is 0. The lowest BCUT2D eigenvalue weighted by molar-refractivity contribution is 0.181. The number of halogens is 1. The molecule has 2 N–H and O–H groups in total. The molecule has 0 unspecified atom stereocenters. The van der Waals surface area contributed by atoms with Crippen LogP contribution in [0.2, 0.25) is 0 Å². The van der Waals surface area contributed by atoms with Crippen LogP contribution in [-0.4, -0.2) is 43.1 Å². The first kappa shape index (κ1) is 15.1. The number of ether oxygens (including phenoxy) is 1. The summed E-state index contributed by atoms with van der Waals surface area (Å²) < 4.78 is 6.81. The molecule has 0 atom stereocenters. The van der Waals surface area contributed by atoms with E-state index in [1.165, 1.54) is 4.68 Å². The SMILES string of the molecule is CCNCCNc1cnn(CCOC)c(=O)c1Br. The molecule has 1 heterocycles.